The molecule has 1 rings (SSSR count). The van der Waals surface area contributed by atoms with Gasteiger partial charge in [-0.15, -0.1) is 0 Å². The first-order valence-electron chi connectivity index (χ1n) is 5.70. The fourth-order valence-corrected chi connectivity index (χ4v) is 2.01. The van der Waals surface area contributed by atoms with Gasteiger partial charge in [-0.1, -0.05) is 19.8 Å². The van der Waals surface area contributed by atoms with Crippen LogP contribution < -0.4 is 5.32 Å². The number of hydrogen-bond acceptors (Lipinski definition) is 3. The van der Waals surface area contributed by atoms with Crippen LogP contribution in [0.1, 0.15) is 32.6 Å². The SMILES string of the molecule is CCCCC(CC#N)N1CCNCC1. The van der Waals surface area contributed by atoms with Crippen LogP contribution in [0.2, 0.25) is 0 Å². The minimum atomic E-state index is 0.502. The van der Waals surface area contributed by atoms with E-state index < -0.39 is 0 Å². The first kappa shape index (κ1) is 11.5. The maximum absolute atomic E-state index is 8.77. The molecule has 0 saturated carbocycles. The number of hydrogen-bond donors (Lipinski definition) is 1. The first-order valence-corrected chi connectivity index (χ1v) is 5.70. The average Bonchev–Trinajstić information content (AvgIpc) is 2.25. The summed E-state index contributed by atoms with van der Waals surface area (Å²) in [6.07, 6.45) is 4.36. The van der Waals surface area contributed by atoms with E-state index in [0.717, 1.165) is 26.2 Å². The molecule has 1 heterocycles. The summed E-state index contributed by atoms with van der Waals surface area (Å²) in [4.78, 5) is 2.47. The lowest BCUT2D eigenvalue weighted by molar-refractivity contribution is 0.164. The van der Waals surface area contributed by atoms with E-state index in [9.17, 15) is 0 Å². The fraction of sp³-hybridized carbons (Fsp3) is 0.909. The third-order valence-corrected chi connectivity index (χ3v) is 2.89. The summed E-state index contributed by atoms with van der Waals surface area (Å²) >= 11 is 0. The maximum Gasteiger partial charge on any atom is 0.0638 e. The largest absolute Gasteiger partial charge is 0.314 e. The van der Waals surface area contributed by atoms with Gasteiger partial charge in [-0.25, -0.2) is 0 Å². The van der Waals surface area contributed by atoms with Gasteiger partial charge in [0, 0.05) is 32.2 Å². The smallest absolute Gasteiger partial charge is 0.0638 e. The molecule has 0 aromatic rings. The highest BCUT2D eigenvalue weighted by atomic mass is 15.2. The number of rotatable bonds is 5. The summed E-state index contributed by atoms with van der Waals surface area (Å²) < 4.78 is 0. The molecule has 3 heteroatoms. The second kappa shape index (κ2) is 6.80. The molecular formula is C11H21N3. The van der Waals surface area contributed by atoms with Gasteiger partial charge in [0.1, 0.15) is 0 Å². The van der Waals surface area contributed by atoms with E-state index in [1.807, 2.05) is 0 Å². The summed E-state index contributed by atoms with van der Waals surface area (Å²) in [7, 11) is 0. The highest BCUT2D eigenvalue weighted by Crippen LogP contribution is 2.12. The Hall–Kier alpha value is -0.590. The van der Waals surface area contributed by atoms with Crippen molar-refractivity contribution >= 4 is 0 Å². The van der Waals surface area contributed by atoms with Crippen molar-refractivity contribution in [2.75, 3.05) is 26.2 Å². The third kappa shape index (κ3) is 3.65. The maximum atomic E-state index is 8.77. The van der Waals surface area contributed by atoms with Crippen LogP contribution in [0.5, 0.6) is 0 Å². The Morgan fingerprint density at radius 2 is 2.14 bits per heavy atom. The van der Waals surface area contributed by atoms with Crippen molar-refractivity contribution in [1.29, 1.82) is 5.26 Å². The van der Waals surface area contributed by atoms with Crippen molar-refractivity contribution in [2.24, 2.45) is 0 Å². The van der Waals surface area contributed by atoms with Crippen LogP contribution in [0, 0.1) is 11.3 Å². The molecule has 80 valence electrons. The highest BCUT2D eigenvalue weighted by molar-refractivity contribution is 4.84. The molecule has 0 spiro atoms. The van der Waals surface area contributed by atoms with E-state index in [4.69, 9.17) is 5.26 Å². The lowest BCUT2D eigenvalue weighted by atomic mass is 10.0. The van der Waals surface area contributed by atoms with Gasteiger partial charge in [-0.3, -0.25) is 4.90 Å². The lowest BCUT2D eigenvalue weighted by Crippen LogP contribution is -2.48. The fourth-order valence-electron chi connectivity index (χ4n) is 2.01. The molecule has 1 fully saturated rings. The second-order valence-electron chi connectivity index (χ2n) is 3.94. The number of unbranched alkanes of at least 4 members (excludes halogenated alkanes) is 1. The first-order chi connectivity index (χ1) is 6.88. The molecular weight excluding hydrogens is 174 g/mol. The van der Waals surface area contributed by atoms with Gasteiger partial charge in [0.25, 0.3) is 0 Å². The molecule has 0 radical (unpaired) electrons. The second-order valence-corrected chi connectivity index (χ2v) is 3.94. The van der Waals surface area contributed by atoms with E-state index >= 15 is 0 Å². The average molecular weight is 195 g/mol. The predicted molar refractivity (Wildman–Crippen MR) is 58.0 cm³/mol. The van der Waals surface area contributed by atoms with Crippen LogP contribution in [-0.4, -0.2) is 37.1 Å². The van der Waals surface area contributed by atoms with Crippen LogP contribution in [-0.2, 0) is 0 Å². The van der Waals surface area contributed by atoms with Crippen molar-refractivity contribution in [3.63, 3.8) is 0 Å². The van der Waals surface area contributed by atoms with Crippen molar-refractivity contribution in [3.8, 4) is 6.07 Å². The van der Waals surface area contributed by atoms with Gasteiger partial charge in [0.2, 0.25) is 0 Å². The Kier molecular flexibility index (Phi) is 5.58. The Labute approximate surface area is 87.1 Å². The topological polar surface area (TPSA) is 39.1 Å². The Morgan fingerprint density at radius 1 is 1.43 bits per heavy atom. The van der Waals surface area contributed by atoms with Crippen LogP contribution in [0.15, 0.2) is 0 Å². The standard InChI is InChI=1S/C11H21N3/c1-2-3-4-11(5-6-12)14-9-7-13-8-10-14/h11,13H,2-5,7-10H2,1H3. The number of nitrogens with zero attached hydrogens (tertiary/aromatic N) is 2. The Bertz CT molecular complexity index is 179. The van der Waals surface area contributed by atoms with Gasteiger partial charge >= 0.3 is 0 Å². The number of piperazine rings is 1. The summed E-state index contributed by atoms with van der Waals surface area (Å²) in [6.45, 7) is 6.58. The van der Waals surface area contributed by atoms with Gasteiger partial charge < -0.3 is 5.32 Å². The number of nitriles is 1. The quantitative estimate of drug-likeness (QED) is 0.720. The van der Waals surface area contributed by atoms with Crippen molar-refractivity contribution in [2.45, 2.75) is 38.6 Å². The van der Waals surface area contributed by atoms with Crippen LogP contribution >= 0.6 is 0 Å². The molecule has 1 saturated heterocycles. The zero-order chi connectivity index (χ0) is 10.2. The van der Waals surface area contributed by atoms with Crippen molar-refractivity contribution in [3.05, 3.63) is 0 Å². The van der Waals surface area contributed by atoms with Crippen LogP contribution in [0.3, 0.4) is 0 Å². The Balaban J connectivity index is 2.35. The summed E-state index contributed by atoms with van der Waals surface area (Å²) in [5.74, 6) is 0. The molecule has 3 nitrogen and oxygen atoms in total. The summed E-state index contributed by atoms with van der Waals surface area (Å²) in [6, 6.07) is 2.81. The predicted octanol–water partition coefficient (Wildman–Crippen LogP) is 1.36. The van der Waals surface area contributed by atoms with Gasteiger partial charge in [0.15, 0.2) is 0 Å². The molecule has 14 heavy (non-hydrogen) atoms. The summed E-state index contributed by atoms with van der Waals surface area (Å²) in [5, 5.41) is 12.1. The van der Waals surface area contributed by atoms with Crippen LogP contribution in [0.4, 0.5) is 0 Å². The zero-order valence-electron chi connectivity index (χ0n) is 9.13. The van der Waals surface area contributed by atoms with Gasteiger partial charge in [-0.05, 0) is 6.42 Å². The van der Waals surface area contributed by atoms with Gasteiger partial charge in [-0.2, -0.15) is 5.26 Å². The summed E-state index contributed by atoms with van der Waals surface area (Å²) in [5.41, 5.74) is 0. The third-order valence-electron chi connectivity index (χ3n) is 2.89. The molecule has 0 aromatic heterocycles. The molecule has 0 bridgehead atoms. The minimum Gasteiger partial charge on any atom is -0.314 e. The highest BCUT2D eigenvalue weighted by Gasteiger charge is 2.19. The normalized spacial score (nSPS) is 20.3. The van der Waals surface area contributed by atoms with Crippen molar-refractivity contribution < 1.29 is 0 Å². The molecule has 1 aliphatic rings. The Morgan fingerprint density at radius 3 is 2.71 bits per heavy atom. The van der Waals surface area contributed by atoms with E-state index in [1.54, 1.807) is 0 Å². The van der Waals surface area contributed by atoms with E-state index in [0.29, 0.717) is 12.5 Å². The monoisotopic (exact) mass is 195 g/mol. The van der Waals surface area contributed by atoms with Crippen LogP contribution in [0.25, 0.3) is 0 Å². The van der Waals surface area contributed by atoms with E-state index in [1.165, 1.54) is 19.3 Å². The molecule has 0 aliphatic carbocycles. The van der Waals surface area contributed by atoms with Crippen molar-refractivity contribution in [1.82, 2.24) is 10.2 Å². The zero-order valence-corrected chi connectivity index (χ0v) is 9.13. The van der Waals surface area contributed by atoms with Gasteiger partial charge in [0.05, 0.1) is 12.5 Å². The molecule has 1 atom stereocenters. The van der Waals surface area contributed by atoms with E-state index in [2.05, 4.69) is 23.2 Å². The lowest BCUT2D eigenvalue weighted by Gasteiger charge is -2.33. The molecule has 1 N–H and O–H groups in total. The van der Waals surface area contributed by atoms with E-state index in [-0.39, 0.29) is 0 Å². The minimum absolute atomic E-state index is 0.502. The molecule has 1 aliphatic heterocycles. The molecule has 0 amide bonds. The molecule has 1 unspecified atom stereocenters. The number of nitrogens with one attached hydrogen (secondary N) is 1. The molecule has 0 aromatic carbocycles.